The minimum Gasteiger partial charge on any atom is -0.465 e. The standard InChI is InChI=1S/C9H17NO4/c1-9(2,10-8(12)13)4-3-6-14-7-5-11/h5,10H,3-4,6-7H2,1-2H3,(H,12,13). The van der Waals surface area contributed by atoms with Crippen LogP contribution in [0.15, 0.2) is 0 Å². The molecule has 0 aliphatic rings. The highest BCUT2D eigenvalue weighted by Crippen LogP contribution is 2.10. The van der Waals surface area contributed by atoms with Crippen LogP contribution in [0, 0.1) is 0 Å². The van der Waals surface area contributed by atoms with Crippen molar-refractivity contribution >= 4 is 12.4 Å². The number of hydrogen-bond acceptors (Lipinski definition) is 3. The Bertz CT molecular complexity index is 191. The van der Waals surface area contributed by atoms with E-state index < -0.39 is 11.6 Å². The number of rotatable bonds is 7. The Morgan fingerprint density at radius 1 is 1.57 bits per heavy atom. The van der Waals surface area contributed by atoms with E-state index in [0.29, 0.717) is 19.3 Å². The SMILES string of the molecule is CC(C)(CCCOCC=O)NC(=O)O. The van der Waals surface area contributed by atoms with Gasteiger partial charge in [-0.05, 0) is 26.7 Å². The number of amides is 1. The van der Waals surface area contributed by atoms with E-state index in [9.17, 15) is 9.59 Å². The molecule has 0 spiro atoms. The van der Waals surface area contributed by atoms with Crippen molar-refractivity contribution in [3.8, 4) is 0 Å². The molecule has 0 rings (SSSR count). The number of hydrogen-bond donors (Lipinski definition) is 2. The summed E-state index contributed by atoms with van der Waals surface area (Å²) in [6, 6.07) is 0. The first-order valence-corrected chi connectivity index (χ1v) is 4.50. The number of carbonyl (C=O) groups excluding carboxylic acids is 1. The second-order valence-electron chi connectivity index (χ2n) is 3.66. The molecule has 0 aromatic rings. The van der Waals surface area contributed by atoms with Crippen molar-refractivity contribution in [2.45, 2.75) is 32.2 Å². The minimum atomic E-state index is -1.02. The van der Waals surface area contributed by atoms with Crippen molar-refractivity contribution in [3.05, 3.63) is 0 Å². The monoisotopic (exact) mass is 203 g/mol. The summed E-state index contributed by atoms with van der Waals surface area (Å²) in [5, 5.41) is 10.9. The fourth-order valence-electron chi connectivity index (χ4n) is 1.10. The molecule has 2 N–H and O–H groups in total. The van der Waals surface area contributed by atoms with Crippen molar-refractivity contribution in [1.82, 2.24) is 5.32 Å². The maximum atomic E-state index is 10.4. The Morgan fingerprint density at radius 2 is 2.21 bits per heavy atom. The molecule has 0 saturated carbocycles. The molecular formula is C9H17NO4. The average Bonchev–Trinajstić information content (AvgIpc) is 2.01. The molecule has 0 heterocycles. The Kier molecular flexibility index (Phi) is 5.87. The van der Waals surface area contributed by atoms with Gasteiger partial charge in [-0.3, -0.25) is 0 Å². The third kappa shape index (κ3) is 7.54. The Balaban J connectivity index is 3.54. The summed E-state index contributed by atoms with van der Waals surface area (Å²) in [5.74, 6) is 0. The molecule has 0 saturated heterocycles. The molecule has 0 unspecified atom stereocenters. The molecule has 0 aliphatic carbocycles. The van der Waals surface area contributed by atoms with Crippen molar-refractivity contribution in [2.24, 2.45) is 0 Å². The van der Waals surface area contributed by atoms with Crippen molar-refractivity contribution in [3.63, 3.8) is 0 Å². The van der Waals surface area contributed by atoms with Crippen LogP contribution in [0.3, 0.4) is 0 Å². The predicted octanol–water partition coefficient (Wildman–Crippen LogP) is 1.03. The third-order valence-electron chi connectivity index (χ3n) is 1.72. The average molecular weight is 203 g/mol. The molecule has 0 aliphatic heterocycles. The van der Waals surface area contributed by atoms with Crippen LogP contribution in [-0.2, 0) is 9.53 Å². The summed E-state index contributed by atoms with van der Waals surface area (Å²) in [7, 11) is 0. The zero-order chi connectivity index (χ0) is 11.0. The van der Waals surface area contributed by atoms with Crippen LogP contribution in [0.5, 0.6) is 0 Å². The maximum Gasteiger partial charge on any atom is 0.405 e. The first-order chi connectivity index (χ1) is 6.48. The highest BCUT2D eigenvalue weighted by atomic mass is 16.5. The van der Waals surface area contributed by atoms with Gasteiger partial charge in [0.15, 0.2) is 0 Å². The van der Waals surface area contributed by atoms with Gasteiger partial charge < -0.3 is 20.0 Å². The summed E-state index contributed by atoms with van der Waals surface area (Å²) < 4.78 is 4.94. The van der Waals surface area contributed by atoms with E-state index in [1.54, 1.807) is 13.8 Å². The van der Waals surface area contributed by atoms with E-state index >= 15 is 0 Å². The number of carbonyl (C=O) groups is 2. The van der Waals surface area contributed by atoms with Crippen molar-refractivity contribution < 1.29 is 19.4 Å². The van der Waals surface area contributed by atoms with Crippen molar-refractivity contribution in [1.29, 1.82) is 0 Å². The van der Waals surface area contributed by atoms with Gasteiger partial charge in [0.2, 0.25) is 0 Å². The van der Waals surface area contributed by atoms with Gasteiger partial charge in [0.25, 0.3) is 0 Å². The van der Waals surface area contributed by atoms with Crippen LogP contribution in [0.25, 0.3) is 0 Å². The molecule has 0 bridgehead atoms. The third-order valence-corrected chi connectivity index (χ3v) is 1.72. The van der Waals surface area contributed by atoms with Gasteiger partial charge in [-0.15, -0.1) is 0 Å². The highest BCUT2D eigenvalue weighted by Gasteiger charge is 2.18. The number of aldehydes is 1. The van der Waals surface area contributed by atoms with Gasteiger partial charge in [-0.25, -0.2) is 4.79 Å². The van der Waals surface area contributed by atoms with Crippen LogP contribution < -0.4 is 5.32 Å². The summed E-state index contributed by atoms with van der Waals surface area (Å²) in [4.78, 5) is 20.3. The second-order valence-corrected chi connectivity index (χ2v) is 3.66. The molecule has 0 atom stereocenters. The lowest BCUT2D eigenvalue weighted by molar-refractivity contribution is -0.111. The van der Waals surface area contributed by atoms with Gasteiger partial charge in [0, 0.05) is 12.1 Å². The van der Waals surface area contributed by atoms with Crippen LogP contribution in [0.1, 0.15) is 26.7 Å². The van der Waals surface area contributed by atoms with Crippen LogP contribution in [-0.4, -0.2) is 36.2 Å². The summed E-state index contributed by atoms with van der Waals surface area (Å²) in [6.45, 7) is 4.19. The minimum absolute atomic E-state index is 0.104. The molecule has 0 aromatic heterocycles. The number of nitrogens with one attached hydrogen (secondary N) is 1. The van der Waals surface area contributed by atoms with Crippen LogP contribution >= 0.6 is 0 Å². The topological polar surface area (TPSA) is 75.6 Å². The molecule has 1 amide bonds. The van der Waals surface area contributed by atoms with Gasteiger partial charge in [-0.1, -0.05) is 0 Å². The zero-order valence-corrected chi connectivity index (χ0v) is 8.58. The fourth-order valence-corrected chi connectivity index (χ4v) is 1.10. The largest absolute Gasteiger partial charge is 0.465 e. The van der Waals surface area contributed by atoms with Gasteiger partial charge >= 0.3 is 6.09 Å². The normalized spacial score (nSPS) is 11.0. The first kappa shape index (κ1) is 12.9. The van der Waals surface area contributed by atoms with E-state index in [1.165, 1.54) is 0 Å². The Hall–Kier alpha value is -1.10. The zero-order valence-electron chi connectivity index (χ0n) is 8.58. The van der Waals surface area contributed by atoms with Gasteiger partial charge in [0.1, 0.15) is 12.9 Å². The molecule has 5 nitrogen and oxygen atoms in total. The fraction of sp³-hybridized carbons (Fsp3) is 0.778. The molecule has 82 valence electrons. The number of carboxylic acid groups (broad SMARTS) is 1. The lowest BCUT2D eigenvalue weighted by Crippen LogP contribution is -2.42. The van der Waals surface area contributed by atoms with Crippen molar-refractivity contribution in [2.75, 3.05) is 13.2 Å². The lowest BCUT2D eigenvalue weighted by Gasteiger charge is -2.24. The van der Waals surface area contributed by atoms with E-state index in [-0.39, 0.29) is 6.61 Å². The van der Waals surface area contributed by atoms with E-state index in [0.717, 1.165) is 6.42 Å². The van der Waals surface area contributed by atoms with E-state index in [1.807, 2.05) is 0 Å². The van der Waals surface area contributed by atoms with Gasteiger partial charge in [0.05, 0.1) is 0 Å². The quantitative estimate of drug-likeness (QED) is 0.478. The van der Waals surface area contributed by atoms with Crippen LogP contribution in [0.4, 0.5) is 4.79 Å². The Labute approximate surface area is 83.4 Å². The molecule has 14 heavy (non-hydrogen) atoms. The summed E-state index contributed by atoms with van der Waals surface area (Å²) in [6.07, 6.45) is 1.07. The molecule has 0 aromatic carbocycles. The first-order valence-electron chi connectivity index (χ1n) is 4.50. The predicted molar refractivity (Wildman–Crippen MR) is 51.4 cm³/mol. The summed E-state index contributed by atoms with van der Waals surface area (Å²) in [5.41, 5.74) is -0.448. The van der Waals surface area contributed by atoms with Crippen LogP contribution in [0.2, 0.25) is 0 Å². The molecule has 0 fully saturated rings. The maximum absolute atomic E-state index is 10.4. The number of ether oxygens (including phenoxy) is 1. The lowest BCUT2D eigenvalue weighted by atomic mass is 9.99. The Morgan fingerprint density at radius 3 is 2.71 bits per heavy atom. The molecule has 5 heteroatoms. The van der Waals surface area contributed by atoms with E-state index in [4.69, 9.17) is 9.84 Å². The van der Waals surface area contributed by atoms with E-state index in [2.05, 4.69) is 5.32 Å². The summed E-state index contributed by atoms with van der Waals surface area (Å²) >= 11 is 0. The smallest absolute Gasteiger partial charge is 0.405 e. The second kappa shape index (κ2) is 6.37. The highest BCUT2D eigenvalue weighted by molar-refractivity contribution is 5.65. The van der Waals surface area contributed by atoms with Gasteiger partial charge in [-0.2, -0.15) is 0 Å². The molecular weight excluding hydrogens is 186 g/mol. The molecule has 0 radical (unpaired) electrons.